The summed E-state index contributed by atoms with van der Waals surface area (Å²) in [6, 6.07) is 4.74. The third-order valence-corrected chi connectivity index (χ3v) is 2.18. The Hall–Kier alpha value is -2.00. The number of aliphatic hydroxyl groups is 1. The number of hydrogen-bond acceptors (Lipinski definition) is 2. The van der Waals surface area contributed by atoms with Crippen molar-refractivity contribution in [3.63, 3.8) is 0 Å². The first-order chi connectivity index (χ1) is 8.81. The topological polar surface area (TPSA) is 49.3 Å². The van der Waals surface area contributed by atoms with Crippen molar-refractivity contribution in [2.75, 3.05) is 11.9 Å². The van der Waals surface area contributed by atoms with Gasteiger partial charge in [-0.2, -0.15) is 13.2 Å². The Bertz CT molecular complexity index is 527. The molecule has 0 heterocycles. The molecular formula is C13H12F3NO2. The lowest BCUT2D eigenvalue weighted by Crippen LogP contribution is -2.21. The van der Waals surface area contributed by atoms with Gasteiger partial charge < -0.3 is 10.4 Å². The van der Waals surface area contributed by atoms with Gasteiger partial charge in [0.05, 0.1) is 0 Å². The lowest BCUT2D eigenvalue weighted by molar-refractivity contribution is -0.150. The Labute approximate surface area is 108 Å². The zero-order chi connectivity index (χ0) is 14.5. The van der Waals surface area contributed by atoms with Crippen molar-refractivity contribution < 1.29 is 23.1 Å². The van der Waals surface area contributed by atoms with Crippen molar-refractivity contribution in [1.29, 1.82) is 0 Å². The molecule has 0 aromatic heterocycles. The van der Waals surface area contributed by atoms with E-state index in [4.69, 9.17) is 5.11 Å². The quantitative estimate of drug-likeness (QED) is 0.810. The zero-order valence-electron chi connectivity index (χ0n) is 10.1. The second-order valence-electron chi connectivity index (χ2n) is 3.83. The van der Waals surface area contributed by atoms with Crippen LogP contribution in [0, 0.1) is 18.8 Å². The average molecular weight is 271 g/mol. The van der Waals surface area contributed by atoms with Gasteiger partial charge in [-0.15, -0.1) is 0 Å². The number of hydrogen-bond donors (Lipinski definition) is 2. The molecule has 3 nitrogen and oxygen atoms in total. The molecule has 0 aliphatic rings. The number of rotatable bonds is 2. The van der Waals surface area contributed by atoms with Gasteiger partial charge in [0.2, 0.25) is 5.91 Å². The number of carbonyl (C=O) groups is 1. The Morgan fingerprint density at radius 2 is 2.11 bits per heavy atom. The average Bonchev–Trinajstić information content (AvgIpc) is 2.27. The fourth-order valence-corrected chi connectivity index (χ4v) is 1.35. The smallest absolute Gasteiger partial charge is 0.384 e. The van der Waals surface area contributed by atoms with Gasteiger partial charge in [0, 0.05) is 11.3 Å². The van der Waals surface area contributed by atoms with E-state index in [0.717, 1.165) is 0 Å². The maximum atomic E-state index is 12.0. The molecule has 1 rings (SSSR count). The summed E-state index contributed by atoms with van der Waals surface area (Å²) in [7, 11) is 0. The van der Waals surface area contributed by atoms with Crippen molar-refractivity contribution in [1.82, 2.24) is 0 Å². The number of anilines is 1. The van der Waals surface area contributed by atoms with Crippen molar-refractivity contribution in [2.45, 2.75) is 19.5 Å². The molecule has 0 atom stereocenters. The number of aliphatic hydroxyl groups excluding tert-OH is 1. The maximum absolute atomic E-state index is 12.0. The molecule has 1 aromatic rings. The summed E-state index contributed by atoms with van der Waals surface area (Å²) >= 11 is 0. The lowest BCUT2D eigenvalue weighted by atomic mass is 10.1. The summed E-state index contributed by atoms with van der Waals surface area (Å²) in [5.41, 5.74) is 1.41. The Morgan fingerprint density at radius 1 is 1.42 bits per heavy atom. The number of halogens is 3. The van der Waals surface area contributed by atoms with Gasteiger partial charge in [-0.05, 0) is 24.6 Å². The van der Waals surface area contributed by atoms with Crippen LogP contribution in [0.5, 0.6) is 0 Å². The molecule has 0 fully saturated rings. The van der Waals surface area contributed by atoms with Gasteiger partial charge in [0.25, 0.3) is 0 Å². The molecule has 19 heavy (non-hydrogen) atoms. The van der Waals surface area contributed by atoms with Crippen LogP contribution in [0.2, 0.25) is 0 Å². The molecule has 0 aliphatic carbocycles. The molecule has 102 valence electrons. The first-order valence-corrected chi connectivity index (χ1v) is 5.39. The molecule has 0 bridgehead atoms. The fraction of sp³-hybridized carbons (Fsp3) is 0.308. The summed E-state index contributed by atoms with van der Waals surface area (Å²) in [5, 5.41) is 10.8. The summed E-state index contributed by atoms with van der Waals surface area (Å²) in [5.74, 6) is 3.90. The van der Waals surface area contributed by atoms with E-state index in [2.05, 4.69) is 17.2 Å². The Morgan fingerprint density at radius 3 is 2.68 bits per heavy atom. The summed E-state index contributed by atoms with van der Waals surface area (Å²) in [4.78, 5) is 11.2. The standard InChI is InChI=1S/C13H12F3NO2/c1-9-4-5-10(3-2-6-18)7-11(9)17-12(19)8-13(14,15)16/h4-5,7,18H,6,8H2,1H3,(H,17,19). The van der Waals surface area contributed by atoms with E-state index in [1.807, 2.05) is 0 Å². The molecule has 0 saturated heterocycles. The number of benzene rings is 1. The molecule has 0 spiro atoms. The molecule has 2 N–H and O–H groups in total. The molecule has 1 amide bonds. The van der Waals surface area contributed by atoms with Gasteiger partial charge in [0.1, 0.15) is 13.0 Å². The first kappa shape index (κ1) is 15.1. The Kier molecular flexibility index (Phi) is 4.95. The largest absolute Gasteiger partial charge is 0.397 e. The molecule has 0 radical (unpaired) electrons. The molecular weight excluding hydrogens is 259 g/mol. The first-order valence-electron chi connectivity index (χ1n) is 5.39. The van der Waals surface area contributed by atoms with Crippen LogP contribution in [0.15, 0.2) is 18.2 Å². The normalized spacial score (nSPS) is 10.6. The van der Waals surface area contributed by atoms with Gasteiger partial charge in [-0.3, -0.25) is 4.79 Å². The number of carbonyl (C=O) groups excluding carboxylic acids is 1. The highest BCUT2D eigenvalue weighted by molar-refractivity contribution is 5.92. The molecule has 1 aromatic carbocycles. The van der Waals surface area contributed by atoms with Crippen LogP contribution in [0.1, 0.15) is 17.5 Å². The second kappa shape index (κ2) is 6.25. The lowest BCUT2D eigenvalue weighted by Gasteiger charge is -2.10. The third kappa shape index (κ3) is 5.44. The van der Waals surface area contributed by atoms with Crippen molar-refractivity contribution in [3.8, 4) is 11.8 Å². The number of nitrogens with one attached hydrogen (secondary N) is 1. The van der Waals surface area contributed by atoms with E-state index < -0.39 is 18.5 Å². The molecule has 0 aliphatic heterocycles. The van der Waals surface area contributed by atoms with E-state index in [-0.39, 0.29) is 12.3 Å². The van der Waals surface area contributed by atoms with E-state index >= 15 is 0 Å². The highest BCUT2D eigenvalue weighted by atomic mass is 19.4. The molecule has 6 heteroatoms. The van der Waals surface area contributed by atoms with Gasteiger partial charge >= 0.3 is 6.18 Å². The minimum absolute atomic E-state index is 0.277. The van der Waals surface area contributed by atoms with Crippen molar-refractivity contribution in [2.24, 2.45) is 0 Å². The summed E-state index contributed by atoms with van der Waals surface area (Å²) in [6.45, 7) is 1.34. The zero-order valence-corrected chi connectivity index (χ0v) is 10.1. The number of amides is 1. The van der Waals surface area contributed by atoms with Crippen LogP contribution in [-0.4, -0.2) is 23.8 Å². The predicted octanol–water partition coefficient (Wildman–Crippen LogP) is 2.23. The SMILES string of the molecule is Cc1ccc(C#CCO)cc1NC(=O)CC(F)(F)F. The van der Waals surface area contributed by atoms with Gasteiger partial charge in [0.15, 0.2) is 0 Å². The van der Waals surface area contributed by atoms with Gasteiger partial charge in [-0.1, -0.05) is 17.9 Å². The van der Waals surface area contributed by atoms with Crippen molar-refractivity contribution >= 4 is 11.6 Å². The third-order valence-electron chi connectivity index (χ3n) is 2.18. The highest BCUT2D eigenvalue weighted by Crippen LogP contribution is 2.22. The van der Waals surface area contributed by atoms with Crippen LogP contribution in [-0.2, 0) is 4.79 Å². The van der Waals surface area contributed by atoms with Crippen LogP contribution >= 0.6 is 0 Å². The van der Waals surface area contributed by atoms with E-state index in [1.54, 1.807) is 19.1 Å². The van der Waals surface area contributed by atoms with E-state index in [0.29, 0.717) is 11.1 Å². The maximum Gasteiger partial charge on any atom is 0.397 e. The van der Waals surface area contributed by atoms with E-state index in [1.165, 1.54) is 6.07 Å². The van der Waals surface area contributed by atoms with E-state index in [9.17, 15) is 18.0 Å². The number of aryl methyl sites for hydroxylation is 1. The highest BCUT2D eigenvalue weighted by Gasteiger charge is 2.31. The van der Waals surface area contributed by atoms with Crippen LogP contribution in [0.3, 0.4) is 0 Å². The monoisotopic (exact) mass is 271 g/mol. The van der Waals surface area contributed by atoms with Crippen molar-refractivity contribution in [3.05, 3.63) is 29.3 Å². The fourth-order valence-electron chi connectivity index (χ4n) is 1.35. The predicted molar refractivity (Wildman–Crippen MR) is 64.4 cm³/mol. The minimum atomic E-state index is -4.54. The van der Waals surface area contributed by atoms with Crippen LogP contribution in [0.25, 0.3) is 0 Å². The van der Waals surface area contributed by atoms with Crippen LogP contribution in [0.4, 0.5) is 18.9 Å². The Balaban J connectivity index is 2.85. The van der Waals surface area contributed by atoms with Crippen LogP contribution < -0.4 is 5.32 Å². The molecule has 0 saturated carbocycles. The minimum Gasteiger partial charge on any atom is -0.384 e. The summed E-state index contributed by atoms with van der Waals surface area (Å²) in [6.07, 6.45) is -6.06. The second-order valence-corrected chi connectivity index (χ2v) is 3.83. The van der Waals surface area contributed by atoms with Gasteiger partial charge in [-0.25, -0.2) is 0 Å². The summed E-state index contributed by atoms with van der Waals surface area (Å²) < 4.78 is 36.1. The molecule has 0 unspecified atom stereocenters. The number of alkyl halides is 3.